The van der Waals surface area contributed by atoms with Crippen molar-refractivity contribution in [2.45, 2.75) is 6.92 Å². The number of fused-ring (bicyclic) bond motifs is 1. The maximum Gasteiger partial charge on any atom is 0.246 e. The molecule has 2 aromatic rings. The zero-order valence-electron chi connectivity index (χ0n) is 6.98. The first-order valence-electron chi connectivity index (χ1n) is 3.67. The van der Waals surface area contributed by atoms with E-state index in [0.29, 0.717) is 11.1 Å². The van der Waals surface area contributed by atoms with Crippen molar-refractivity contribution in [3.63, 3.8) is 0 Å². The molecule has 13 heavy (non-hydrogen) atoms. The van der Waals surface area contributed by atoms with E-state index in [4.69, 9.17) is 4.52 Å². The minimum Gasteiger partial charge on any atom is -0.494 e. The largest absolute Gasteiger partial charge is 0.494 e. The molecule has 0 spiro atoms. The van der Waals surface area contributed by atoms with Gasteiger partial charge in [0.05, 0.1) is 5.69 Å². The minimum absolute atomic E-state index is 0.110. The van der Waals surface area contributed by atoms with Gasteiger partial charge in [0.25, 0.3) is 0 Å². The second-order valence-electron chi connectivity index (χ2n) is 2.67. The summed E-state index contributed by atoms with van der Waals surface area (Å²) in [5.74, 6) is -0.302. The maximum atomic E-state index is 9.57. The zero-order valence-corrected chi connectivity index (χ0v) is 6.98. The van der Waals surface area contributed by atoms with Gasteiger partial charge < -0.3 is 14.7 Å². The van der Waals surface area contributed by atoms with Gasteiger partial charge in [-0.05, 0) is 6.92 Å². The van der Waals surface area contributed by atoms with Crippen molar-refractivity contribution in [3.05, 3.63) is 12.3 Å². The average molecular weight is 180 g/mol. The van der Waals surface area contributed by atoms with Gasteiger partial charge in [0.1, 0.15) is 5.39 Å². The highest BCUT2D eigenvalue weighted by Crippen LogP contribution is 2.37. The number of hydrogen-bond acceptors (Lipinski definition) is 4. The van der Waals surface area contributed by atoms with Gasteiger partial charge >= 0.3 is 0 Å². The molecule has 0 unspecified atom stereocenters. The molecule has 0 saturated heterocycles. The molecule has 0 atom stereocenters. The Hall–Kier alpha value is -1.91. The molecule has 0 bridgehead atoms. The van der Waals surface area contributed by atoms with Crippen molar-refractivity contribution < 1.29 is 14.7 Å². The van der Waals surface area contributed by atoms with E-state index in [-0.39, 0.29) is 17.3 Å². The summed E-state index contributed by atoms with van der Waals surface area (Å²) in [4.78, 5) is 0. The lowest BCUT2D eigenvalue weighted by atomic mass is 10.3. The molecule has 0 aliphatic rings. The standard InChI is InChI=1S/C8H8N2O3/c1-3-10-7(11)5-4(2)9-13-6(5)8(10)12/h3,11-12H,1H2,2H3. The topological polar surface area (TPSA) is 71.4 Å². The first-order valence-corrected chi connectivity index (χ1v) is 3.67. The van der Waals surface area contributed by atoms with Crippen LogP contribution < -0.4 is 0 Å². The van der Waals surface area contributed by atoms with Crippen LogP contribution in [-0.2, 0) is 0 Å². The molecule has 2 heterocycles. The molecular weight excluding hydrogens is 172 g/mol. The van der Waals surface area contributed by atoms with Crippen molar-refractivity contribution in [3.8, 4) is 11.8 Å². The van der Waals surface area contributed by atoms with Crippen molar-refractivity contribution >= 4 is 17.2 Å². The highest BCUT2D eigenvalue weighted by Gasteiger charge is 2.20. The van der Waals surface area contributed by atoms with Gasteiger partial charge in [-0.1, -0.05) is 11.7 Å². The summed E-state index contributed by atoms with van der Waals surface area (Å²) in [5.41, 5.74) is 0.707. The van der Waals surface area contributed by atoms with Gasteiger partial charge in [0.15, 0.2) is 0 Å². The van der Waals surface area contributed by atoms with E-state index in [1.807, 2.05) is 0 Å². The number of rotatable bonds is 1. The van der Waals surface area contributed by atoms with Crippen molar-refractivity contribution in [2.75, 3.05) is 0 Å². The highest BCUT2D eigenvalue weighted by atomic mass is 16.5. The van der Waals surface area contributed by atoms with Crippen LogP contribution >= 0.6 is 0 Å². The van der Waals surface area contributed by atoms with Gasteiger partial charge in [-0.25, -0.2) is 0 Å². The summed E-state index contributed by atoms with van der Waals surface area (Å²) >= 11 is 0. The summed E-state index contributed by atoms with van der Waals surface area (Å²) in [5, 5.41) is 23.1. The molecule has 5 heteroatoms. The quantitative estimate of drug-likeness (QED) is 0.696. The van der Waals surface area contributed by atoms with Gasteiger partial charge in [-0.3, -0.25) is 4.57 Å². The second-order valence-corrected chi connectivity index (χ2v) is 2.67. The van der Waals surface area contributed by atoms with Crippen LogP contribution in [0.15, 0.2) is 11.1 Å². The summed E-state index contributed by atoms with van der Waals surface area (Å²) in [6.45, 7) is 5.12. The Bertz CT molecular complexity index is 481. The molecule has 0 aromatic carbocycles. The SMILES string of the molecule is C=Cn1c(O)c2onc(C)c2c1O. The van der Waals surface area contributed by atoms with Crippen LogP contribution in [0, 0.1) is 6.92 Å². The lowest BCUT2D eigenvalue weighted by molar-refractivity contribution is 0.389. The summed E-state index contributed by atoms with van der Waals surface area (Å²) < 4.78 is 5.94. The molecule has 5 nitrogen and oxygen atoms in total. The van der Waals surface area contributed by atoms with E-state index >= 15 is 0 Å². The van der Waals surface area contributed by atoms with Crippen LogP contribution in [0.25, 0.3) is 17.2 Å². The van der Waals surface area contributed by atoms with E-state index < -0.39 is 0 Å². The number of hydrogen-bond donors (Lipinski definition) is 2. The number of aromatic hydroxyl groups is 2. The Labute approximate surface area is 73.5 Å². The molecule has 2 rings (SSSR count). The average Bonchev–Trinajstić information content (AvgIpc) is 2.57. The Kier molecular flexibility index (Phi) is 1.36. The predicted octanol–water partition coefficient (Wildman–Crippen LogP) is 1.45. The number of nitrogens with zero attached hydrogens (tertiary/aromatic N) is 2. The predicted molar refractivity (Wildman–Crippen MR) is 46.5 cm³/mol. The van der Waals surface area contributed by atoms with Crippen LogP contribution in [0.2, 0.25) is 0 Å². The normalized spacial score (nSPS) is 10.8. The molecule has 0 radical (unpaired) electrons. The van der Waals surface area contributed by atoms with Crippen LogP contribution in [0.3, 0.4) is 0 Å². The van der Waals surface area contributed by atoms with Gasteiger partial charge in [-0.2, -0.15) is 0 Å². The van der Waals surface area contributed by atoms with Crippen LogP contribution in [0.1, 0.15) is 5.69 Å². The Morgan fingerprint density at radius 2 is 2.15 bits per heavy atom. The van der Waals surface area contributed by atoms with Crippen LogP contribution in [-0.4, -0.2) is 19.9 Å². The number of aryl methyl sites for hydroxylation is 1. The minimum atomic E-state index is -0.192. The number of aromatic nitrogens is 2. The van der Waals surface area contributed by atoms with E-state index in [2.05, 4.69) is 11.7 Å². The molecule has 0 fully saturated rings. The highest BCUT2D eigenvalue weighted by molar-refractivity contribution is 5.91. The monoisotopic (exact) mass is 180 g/mol. The van der Waals surface area contributed by atoms with Crippen LogP contribution in [0.5, 0.6) is 11.8 Å². The fourth-order valence-corrected chi connectivity index (χ4v) is 1.29. The molecule has 2 N–H and O–H groups in total. The third kappa shape index (κ3) is 0.780. The third-order valence-electron chi connectivity index (χ3n) is 1.93. The van der Waals surface area contributed by atoms with Gasteiger partial charge in [0.2, 0.25) is 17.3 Å². The van der Waals surface area contributed by atoms with Crippen molar-refractivity contribution in [1.82, 2.24) is 9.72 Å². The molecule has 0 aliphatic carbocycles. The van der Waals surface area contributed by atoms with E-state index in [9.17, 15) is 10.2 Å². The second kappa shape index (κ2) is 2.29. The summed E-state index contributed by atoms with van der Waals surface area (Å²) in [7, 11) is 0. The molecule has 68 valence electrons. The first kappa shape index (κ1) is 7.72. The molecule has 0 amide bonds. The fourth-order valence-electron chi connectivity index (χ4n) is 1.29. The van der Waals surface area contributed by atoms with Gasteiger partial charge in [-0.15, -0.1) is 0 Å². The van der Waals surface area contributed by atoms with Gasteiger partial charge in [0, 0.05) is 6.20 Å². The Balaban J connectivity index is 2.98. The zero-order chi connectivity index (χ0) is 9.59. The van der Waals surface area contributed by atoms with E-state index in [1.165, 1.54) is 6.20 Å². The first-order chi connectivity index (χ1) is 6.16. The lowest BCUT2D eigenvalue weighted by Gasteiger charge is -1.96. The lowest BCUT2D eigenvalue weighted by Crippen LogP contribution is -1.82. The van der Waals surface area contributed by atoms with Crippen molar-refractivity contribution in [2.24, 2.45) is 0 Å². The fraction of sp³-hybridized carbons (Fsp3) is 0.125. The maximum absolute atomic E-state index is 9.57. The molecule has 0 saturated carbocycles. The smallest absolute Gasteiger partial charge is 0.246 e. The van der Waals surface area contributed by atoms with E-state index in [0.717, 1.165) is 4.57 Å². The Morgan fingerprint density at radius 1 is 1.46 bits per heavy atom. The van der Waals surface area contributed by atoms with Crippen LogP contribution in [0.4, 0.5) is 0 Å². The molecular formula is C8H8N2O3. The Morgan fingerprint density at radius 3 is 2.69 bits per heavy atom. The third-order valence-corrected chi connectivity index (χ3v) is 1.93. The van der Waals surface area contributed by atoms with E-state index in [1.54, 1.807) is 6.92 Å². The molecule has 0 aliphatic heterocycles. The molecule has 2 aromatic heterocycles. The van der Waals surface area contributed by atoms with Crippen molar-refractivity contribution in [1.29, 1.82) is 0 Å². The summed E-state index contributed by atoms with van der Waals surface area (Å²) in [6.07, 6.45) is 1.29. The summed E-state index contributed by atoms with van der Waals surface area (Å²) in [6, 6.07) is 0.